The fourth-order valence-electron chi connectivity index (χ4n) is 1.79. The Morgan fingerprint density at radius 3 is 2.00 bits per heavy atom. The van der Waals surface area contributed by atoms with Gasteiger partial charge >= 0.3 is 0 Å². The maximum absolute atomic E-state index is 8.68. The van der Waals surface area contributed by atoms with Gasteiger partial charge in [-0.15, -0.1) is 0 Å². The Kier molecular flexibility index (Phi) is 5.42. The topological polar surface area (TPSA) is 27.0 Å². The summed E-state index contributed by atoms with van der Waals surface area (Å²) in [7, 11) is 0. The van der Waals surface area contributed by atoms with Crippen molar-refractivity contribution in [2.24, 2.45) is 0 Å². The molecule has 98 valence electrons. The van der Waals surface area contributed by atoms with Crippen LogP contribution >= 0.6 is 0 Å². The summed E-state index contributed by atoms with van der Waals surface area (Å²) >= 11 is 0. The Morgan fingerprint density at radius 1 is 0.762 bits per heavy atom. The number of nitriles is 1. The third kappa shape index (κ3) is 5.09. The molecular weight excluding hydrogens is 256 g/mol. The highest BCUT2D eigenvalue weighted by Crippen LogP contribution is 2.04. The largest absolute Gasteiger partial charge is 0.332 e. The molecule has 21 heavy (non-hydrogen) atoms. The molecule has 0 saturated carbocycles. The molecule has 1 aliphatic heterocycles. The molecule has 1 saturated heterocycles. The molecule has 0 atom stereocenters. The van der Waals surface area contributed by atoms with E-state index in [-0.39, 0.29) is 0 Å². The Balaban J connectivity index is 1.86. The monoisotopic (exact) mass is 268 g/mol. The van der Waals surface area contributed by atoms with Crippen LogP contribution in [0.15, 0.2) is 24.3 Å². The van der Waals surface area contributed by atoms with Crippen LogP contribution in [0, 0.1) is 58.8 Å². The van der Waals surface area contributed by atoms with E-state index in [1.807, 2.05) is 0 Å². The van der Waals surface area contributed by atoms with Gasteiger partial charge in [0.1, 0.15) is 0 Å². The zero-order chi connectivity index (χ0) is 14.8. The van der Waals surface area contributed by atoms with Crippen LogP contribution in [0.4, 0.5) is 0 Å². The highest BCUT2D eigenvalue weighted by Gasteiger charge is 2.05. The first kappa shape index (κ1) is 14.2. The lowest BCUT2D eigenvalue weighted by Gasteiger charge is -2.03. The predicted molar refractivity (Wildman–Crippen MR) is 82.2 cm³/mol. The van der Waals surface area contributed by atoms with Gasteiger partial charge in [0.15, 0.2) is 0 Å². The van der Waals surface area contributed by atoms with Crippen LogP contribution in [0.2, 0.25) is 0 Å². The molecule has 2 rings (SSSR count). The van der Waals surface area contributed by atoms with Crippen LogP contribution in [0.3, 0.4) is 0 Å². The average Bonchev–Trinajstić information content (AvgIpc) is 3.04. The molecule has 1 aromatic carbocycles. The van der Waals surface area contributed by atoms with Gasteiger partial charge in [-0.3, -0.25) is 0 Å². The van der Waals surface area contributed by atoms with Crippen molar-refractivity contribution in [2.75, 3.05) is 13.1 Å². The third-order valence-electron chi connectivity index (χ3n) is 2.85. The van der Waals surface area contributed by atoms with Gasteiger partial charge < -0.3 is 4.90 Å². The normalized spacial score (nSPS) is 11.3. The lowest BCUT2D eigenvalue weighted by atomic mass is 10.1. The van der Waals surface area contributed by atoms with Crippen molar-refractivity contribution < 1.29 is 0 Å². The van der Waals surface area contributed by atoms with Crippen LogP contribution in [0.1, 0.15) is 24.0 Å². The lowest BCUT2D eigenvalue weighted by molar-refractivity contribution is 0.496. The summed E-state index contributed by atoms with van der Waals surface area (Å²) in [5.74, 6) is 19.0. The second kappa shape index (κ2) is 8.03. The van der Waals surface area contributed by atoms with E-state index in [2.05, 4.69) is 58.5 Å². The minimum Gasteiger partial charge on any atom is -0.332 e. The first-order valence-corrected chi connectivity index (χ1v) is 6.65. The van der Waals surface area contributed by atoms with E-state index in [4.69, 9.17) is 5.26 Å². The van der Waals surface area contributed by atoms with E-state index < -0.39 is 0 Å². The average molecular weight is 268 g/mol. The minimum atomic E-state index is 0.620. The number of rotatable bonds is 0. The van der Waals surface area contributed by atoms with Crippen molar-refractivity contribution in [1.29, 1.82) is 5.26 Å². The van der Waals surface area contributed by atoms with Crippen molar-refractivity contribution in [3.63, 3.8) is 0 Å². The lowest BCUT2D eigenvalue weighted by Crippen LogP contribution is -2.10. The van der Waals surface area contributed by atoms with Crippen LogP contribution in [0.25, 0.3) is 0 Å². The summed E-state index contributed by atoms with van der Waals surface area (Å²) < 4.78 is 0. The standard InChI is InChI=1S/C19H12N2/c20-17-19-12-10-18(11-13-19)9-5-3-1-2-4-6-14-21-15-7-8-16-21/h10-13H,7-8,15-16H2. The van der Waals surface area contributed by atoms with Crippen molar-refractivity contribution in [2.45, 2.75) is 12.8 Å². The van der Waals surface area contributed by atoms with Gasteiger partial charge in [-0.05, 0) is 54.9 Å². The van der Waals surface area contributed by atoms with Crippen molar-refractivity contribution in [3.8, 4) is 53.6 Å². The van der Waals surface area contributed by atoms with E-state index in [9.17, 15) is 0 Å². The Hall–Kier alpha value is -3.25. The number of hydrogen-bond acceptors (Lipinski definition) is 2. The molecule has 1 aliphatic rings. The molecule has 0 spiro atoms. The van der Waals surface area contributed by atoms with E-state index in [1.54, 1.807) is 24.3 Å². The number of benzene rings is 1. The first-order chi connectivity index (χ1) is 10.4. The second-order valence-electron chi connectivity index (χ2n) is 4.37. The number of likely N-dealkylation sites (tertiary alicyclic amines) is 1. The predicted octanol–water partition coefficient (Wildman–Crippen LogP) is 1.97. The summed E-state index contributed by atoms with van der Waals surface area (Å²) in [4.78, 5) is 2.08. The fourth-order valence-corrected chi connectivity index (χ4v) is 1.79. The highest BCUT2D eigenvalue weighted by molar-refractivity contribution is 5.45. The summed E-state index contributed by atoms with van der Waals surface area (Å²) in [6.45, 7) is 2.08. The molecule has 0 amide bonds. The summed E-state index contributed by atoms with van der Waals surface area (Å²) in [6.07, 6.45) is 2.43. The third-order valence-corrected chi connectivity index (χ3v) is 2.85. The molecule has 0 N–H and O–H groups in total. The van der Waals surface area contributed by atoms with E-state index in [1.165, 1.54) is 12.8 Å². The van der Waals surface area contributed by atoms with Gasteiger partial charge in [-0.1, -0.05) is 5.92 Å². The van der Waals surface area contributed by atoms with E-state index in [0.29, 0.717) is 5.56 Å². The molecule has 0 unspecified atom stereocenters. The van der Waals surface area contributed by atoms with Crippen LogP contribution in [0.5, 0.6) is 0 Å². The second-order valence-corrected chi connectivity index (χ2v) is 4.37. The Labute approximate surface area is 125 Å². The molecule has 2 heteroatoms. The Bertz CT molecular complexity index is 773. The van der Waals surface area contributed by atoms with E-state index >= 15 is 0 Å². The van der Waals surface area contributed by atoms with Gasteiger partial charge in [0, 0.05) is 42.5 Å². The zero-order valence-corrected chi connectivity index (χ0v) is 11.5. The molecule has 0 radical (unpaired) electrons. The van der Waals surface area contributed by atoms with E-state index in [0.717, 1.165) is 18.7 Å². The number of nitrogens with zero attached hydrogens (tertiary/aromatic N) is 2. The van der Waals surface area contributed by atoms with Gasteiger partial charge in [-0.25, -0.2) is 0 Å². The Morgan fingerprint density at radius 2 is 1.33 bits per heavy atom. The summed E-state index contributed by atoms with van der Waals surface area (Å²) in [5, 5.41) is 8.68. The molecule has 2 nitrogen and oxygen atoms in total. The molecular formula is C19H12N2. The van der Waals surface area contributed by atoms with Crippen molar-refractivity contribution in [1.82, 2.24) is 4.90 Å². The van der Waals surface area contributed by atoms with Crippen molar-refractivity contribution >= 4 is 0 Å². The molecule has 0 aromatic heterocycles. The fraction of sp³-hybridized carbons (Fsp3) is 0.211. The van der Waals surface area contributed by atoms with Gasteiger partial charge in [0.05, 0.1) is 11.6 Å². The first-order valence-electron chi connectivity index (χ1n) is 6.65. The summed E-state index contributed by atoms with van der Waals surface area (Å²) in [5.41, 5.74) is 1.44. The number of hydrogen-bond donors (Lipinski definition) is 0. The van der Waals surface area contributed by atoms with Crippen LogP contribution in [-0.4, -0.2) is 18.0 Å². The van der Waals surface area contributed by atoms with Crippen LogP contribution in [-0.2, 0) is 0 Å². The molecule has 1 heterocycles. The highest BCUT2D eigenvalue weighted by atomic mass is 15.1. The molecule has 1 fully saturated rings. The van der Waals surface area contributed by atoms with Gasteiger partial charge in [0.2, 0.25) is 0 Å². The van der Waals surface area contributed by atoms with Crippen LogP contribution < -0.4 is 0 Å². The maximum Gasteiger partial charge on any atom is 0.0991 e. The SMILES string of the molecule is N#Cc1ccc(C#CC#CC#CC#CN2CCCC2)cc1. The zero-order valence-electron chi connectivity index (χ0n) is 11.5. The van der Waals surface area contributed by atoms with Gasteiger partial charge in [0.25, 0.3) is 0 Å². The van der Waals surface area contributed by atoms with Gasteiger partial charge in [-0.2, -0.15) is 5.26 Å². The minimum absolute atomic E-state index is 0.620. The quantitative estimate of drug-likeness (QED) is 0.673. The summed E-state index contributed by atoms with van der Waals surface area (Å²) in [6, 6.07) is 12.1. The molecule has 0 aliphatic carbocycles. The molecule has 0 bridgehead atoms. The van der Waals surface area contributed by atoms with Crippen molar-refractivity contribution in [3.05, 3.63) is 35.4 Å². The molecule has 1 aromatic rings. The maximum atomic E-state index is 8.68. The smallest absolute Gasteiger partial charge is 0.0991 e.